The predicted octanol–water partition coefficient (Wildman–Crippen LogP) is -0.168. The summed E-state index contributed by atoms with van der Waals surface area (Å²) in [4.78, 5) is 21.1. The molecule has 4 nitrogen and oxygen atoms in total. The molecule has 1 unspecified atom stereocenters. The highest BCUT2D eigenvalue weighted by Crippen LogP contribution is 1.89. The van der Waals surface area contributed by atoms with Gasteiger partial charge in [-0.15, -0.1) is 0 Å². The molecular formula is C8H10O4. The third-order valence-corrected chi connectivity index (χ3v) is 1.08. The van der Waals surface area contributed by atoms with Gasteiger partial charge in [0, 0.05) is 6.08 Å². The molecule has 0 aliphatic carbocycles. The van der Waals surface area contributed by atoms with Crippen molar-refractivity contribution in [2.75, 3.05) is 6.61 Å². The Balaban J connectivity index is 3.78. The smallest absolute Gasteiger partial charge is 0.330 e. The first kappa shape index (κ1) is 10.6. The zero-order valence-corrected chi connectivity index (χ0v) is 6.53. The Morgan fingerprint density at radius 1 is 1.42 bits per heavy atom. The summed E-state index contributed by atoms with van der Waals surface area (Å²) in [6.45, 7) is 5.94. The maximum absolute atomic E-state index is 10.6. The monoisotopic (exact) mass is 170 g/mol. The maximum Gasteiger partial charge on any atom is 0.330 e. The van der Waals surface area contributed by atoms with Crippen molar-refractivity contribution in [2.24, 2.45) is 0 Å². The average Bonchev–Trinajstić information content (AvgIpc) is 2.11. The Labute approximate surface area is 70.1 Å². The van der Waals surface area contributed by atoms with Crippen molar-refractivity contribution in [1.82, 2.24) is 0 Å². The molecule has 0 saturated heterocycles. The molecule has 0 saturated carbocycles. The van der Waals surface area contributed by atoms with E-state index in [0.717, 1.165) is 12.2 Å². The van der Waals surface area contributed by atoms with E-state index in [1.54, 1.807) is 0 Å². The molecule has 0 amide bonds. The van der Waals surface area contributed by atoms with Crippen LogP contribution in [0.25, 0.3) is 0 Å². The van der Waals surface area contributed by atoms with E-state index in [1.165, 1.54) is 0 Å². The molecule has 0 fully saturated rings. The summed E-state index contributed by atoms with van der Waals surface area (Å²) in [7, 11) is 0. The van der Waals surface area contributed by atoms with Gasteiger partial charge in [-0.05, 0) is 6.08 Å². The lowest BCUT2D eigenvalue weighted by molar-refractivity contribution is -0.142. The van der Waals surface area contributed by atoms with Crippen molar-refractivity contribution in [1.29, 1.82) is 0 Å². The van der Waals surface area contributed by atoms with Crippen LogP contribution in [-0.2, 0) is 14.3 Å². The zero-order valence-electron chi connectivity index (χ0n) is 6.53. The molecule has 4 heteroatoms. The largest absolute Gasteiger partial charge is 0.459 e. The van der Waals surface area contributed by atoms with E-state index in [2.05, 4.69) is 17.9 Å². The molecule has 0 aliphatic heterocycles. The summed E-state index contributed by atoms with van der Waals surface area (Å²) in [5, 5.41) is 8.93. The second-order valence-electron chi connectivity index (χ2n) is 1.96. The lowest BCUT2D eigenvalue weighted by atomic mass is 10.2. The van der Waals surface area contributed by atoms with Crippen LogP contribution in [0, 0.1) is 0 Å². The average molecular weight is 170 g/mol. The van der Waals surface area contributed by atoms with Gasteiger partial charge in [-0.3, -0.25) is 4.79 Å². The number of ether oxygens (including phenoxy) is 1. The van der Waals surface area contributed by atoms with Crippen molar-refractivity contribution in [2.45, 2.75) is 6.10 Å². The summed E-state index contributed by atoms with van der Waals surface area (Å²) in [6.07, 6.45) is 0.587. The highest BCUT2D eigenvalue weighted by Gasteiger charge is 2.12. The molecular weight excluding hydrogens is 160 g/mol. The highest BCUT2D eigenvalue weighted by molar-refractivity contribution is 5.93. The number of ketones is 1. The van der Waals surface area contributed by atoms with Gasteiger partial charge >= 0.3 is 5.97 Å². The molecule has 0 rings (SSSR count). The van der Waals surface area contributed by atoms with Gasteiger partial charge in [-0.25, -0.2) is 4.79 Å². The summed E-state index contributed by atoms with van der Waals surface area (Å²) >= 11 is 0. The van der Waals surface area contributed by atoms with Crippen molar-refractivity contribution in [3.05, 3.63) is 25.3 Å². The SMILES string of the molecule is C=CC(=O)OCC(O)C(=O)C=C. The molecule has 0 aromatic rings. The van der Waals surface area contributed by atoms with Crippen LogP contribution in [0.2, 0.25) is 0 Å². The minimum atomic E-state index is -1.33. The fraction of sp³-hybridized carbons (Fsp3) is 0.250. The van der Waals surface area contributed by atoms with Gasteiger partial charge in [0.05, 0.1) is 0 Å². The molecule has 0 radical (unpaired) electrons. The number of rotatable bonds is 5. The van der Waals surface area contributed by atoms with E-state index in [1.807, 2.05) is 0 Å². The Bertz CT molecular complexity index is 207. The first-order valence-corrected chi connectivity index (χ1v) is 3.25. The van der Waals surface area contributed by atoms with E-state index < -0.39 is 17.9 Å². The van der Waals surface area contributed by atoms with Crippen LogP contribution in [0.3, 0.4) is 0 Å². The first-order chi connectivity index (χ1) is 5.61. The van der Waals surface area contributed by atoms with Crippen LogP contribution in [0.5, 0.6) is 0 Å². The van der Waals surface area contributed by atoms with Gasteiger partial charge in [0.2, 0.25) is 0 Å². The van der Waals surface area contributed by atoms with E-state index in [0.29, 0.717) is 0 Å². The first-order valence-electron chi connectivity index (χ1n) is 3.25. The molecule has 1 atom stereocenters. The topological polar surface area (TPSA) is 63.6 Å². The van der Waals surface area contributed by atoms with Crippen molar-refractivity contribution >= 4 is 11.8 Å². The van der Waals surface area contributed by atoms with Crippen LogP contribution in [-0.4, -0.2) is 29.6 Å². The van der Waals surface area contributed by atoms with Gasteiger partial charge in [0.15, 0.2) is 11.9 Å². The van der Waals surface area contributed by atoms with Gasteiger partial charge < -0.3 is 9.84 Å². The van der Waals surface area contributed by atoms with Crippen LogP contribution in [0.15, 0.2) is 25.3 Å². The molecule has 0 heterocycles. The van der Waals surface area contributed by atoms with Crippen molar-refractivity contribution in [3.63, 3.8) is 0 Å². The molecule has 1 N–H and O–H groups in total. The van der Waals surface area contributed by atoms with E-state index in [4.69, 9.17) is 5.11 Å². The van der Waals surface area contributed by atoms with Crippen molar-refractivity contribution < 1.29 is 19.4 Å². The third kappa shape index (κ3) is 3.68. The number of carbonyl (C=O) groups is 2. The van der Waals surface area contributed by atoms with Crippen LogP contribution >= 0.6 is 0 Å². The summed E-state index contributed by atoms with van der Waals surface area (Å²) in [5.41, 5.74) is 0. The van der Waals surface area contributed by atoms with Gasteiger partial charge in [-0.1, -0.05) is 13.2 Å². The lowest BCUT2D eigenvalue weighted by Gasteiger charge is -2.05. The van der Waals surface area contributed by atoms with Gasteiger partial charge in [0.25, 0.3) is 0 Å². The van der Waals surface area contributed by atoms with Gasteiger partial charge in [0.1, 0.15) is 6.61 Å². The number of hydrogen-bond acceptors (Lipinski definition) is 4. The molecule has 0 aromatic heterocycles. The molecule has 0 aromatic carbocycles. The number of carbonyl (C=O) groups excluding carboxylic acids is 2. The molecule has 0 spiro atoms. The molecule has 66 valence electrons. The van der Waals surface area contributed by atoms with Gasteiger partial charge in [-0.2, -0.15) is 0 Å². The molecule has 0 bridgehead atoms. The fourth-order valence-corrected chi connectivity index (χ4v) is 0.438. The number of aliphatic hydroxyl groups excluding tert-OH is 1. The van der Waals surface area contributed by atoms with Crippen LogP contribution in [0.4, 0.5) is 0 Å². The minimum absolute atomic E-state index is 0.365. The quantitative estimate of drug-likeness (QED) is 0.459. The lowest BCUT2D eigenvalue weighted by Crippen LogP contribution is -2.25. The number of esters is 1. The Morgan fingerprint density at radius 3 is 2.42 bits per heavy atom. The second kappa shape index (κ2) is 5.26. The highest BCUT2D eigenvalue weighted by atomic mass is 16.5. The standard InChI is InChI=1S/C8H10O4/c1-3-6(9)7(10)5-12-8(11)4-2/h3-4,7,10H,1-2,5H2. The van der Waals surface area contributed by atoms with E-state index in [9.17, 15) is 9.59 Å². The van der Waals surface area contributed by atoms with E-state index >= 15 is 0 Å². The van der Waals surface area contributed by atoms with Crippen molar-refractivity contribution in [3.8, 4) is 0 Å². The zero-order chi connectivity index (χ0) is 9.56. The summed E-state index contributed by atoms with van der Waals surface area (Å²) < 4.78 is 4.40. The Hall–Kier alpha value is -1.42. The van der Waals surface area contributed by atoms with Crippen LogP contribution < -0.4 is 0 Å². The number of aliphatic hydroxyl groups is 1. The Kier molecular flexibility index (Phi) is 4.64. The third-order valence-electron chi connectivity index (χ3n) is 1.08. The maximum atomic E-state index is 10.6. The number of hydrogen-bond donors (Lipinski definition) is 1. The predicted molar refractivity (Wildman–Crippen MR) is 42.4 cm³/mol. The summed E-state index contributed by atoms with van der Waals surface area (Å²) in [5.74, 6) is -1.25. The van der Waals surface area contributed by atoms with Crippen LogP contribution in [0.1, 0.15) is 0 Å². The Morgan fingerprint density at radius 2 is 2.00 bits per heavy atom. The molecule has 0 aliphatic rings. The normalized spacial score (nSPS) is 11.4. The fourth-order valence-electron chi connectivity index (χ4n) is 0.438. The van der Waals surface area contributed by atoms with E-state index in [-0.39, 0.29) is 6.61 Å². The second-order valence-corrected chi connectivity index (χ2v) is 1.96. The summed E-state index contributed by atoms with van der Waals surface area (Å²) in [6, 6.07) is 0. The molecule has 12 heavy (non-hydrogen) atoms. The minimum Gasteiger partial charge on any atom is -0.459 e.